The highest BCUT2D eigenvalue weighted by atomic mass is 32.2. The van der Waals surface area contributed by atoms with Crippen LogP contribution in [-0.2, 0) is 9.59 Å². The summed E-state index contributed by atoms with van der Waals surface area (Å²) in [6.45, 7) is 3.85. The number of nitrogens with zero attached hydrogens (tertiary/aromatic N) is 2. The summed E-state index contributed by atoms with van der Waals surface area (Å²) in [5, 5.41) is 2.41. The molecule has 116 valence electrons. The molecule has 0 spiro atoms. The monoisotopic (exact) mass is 319 g/mol. The van der Waals surface area contributed by atoms with Crippen LogP contribution in [0, 0.1) is 13.8 Å². The van der Waals surface area contributed by atoms with Crippen LogP contribution in [0.25, 0.3) is 0 Å². The number of anilines is 1. The lowest BCUT2D eigenvalue weighted by Crippen LogP contribution is -2.23. The number of amides is 2. The molecule has 0 aromatic heterocycles. The Kier molecular flexibility index (Phi) is 4.81. The van der Waals surface area contributed by atoms with Gasteiger partial charge in [0.1, 0.15) is 5.25 Å². The highest BCUT2D eigenvalue weighted by Gasteiger charge is 2.30. The largest absolute Gasteiger partial charge is 0.370 e. The van der Waals surface area contributed by atoms with Crippen LogP contribution < -0.4 is 16.8 Å². The molecule has 0 unspecified atom stereocenters. The lowest BCUT2D eigenvalue weighted by atomic mass is 10.1. The topological polar surface area (TPSA) is 123 Å². The Labute approximate surface area is 132 Å². The first-order valence-electron chi connectivity index (χ1n) is 6.61. The second kappa shape index (κ2) is 6.61. The predicted molar refractivity (Wildman–Crippen MR) is 88.8 cm³/mol. The molecule has 1 aliphatic heterocycles. The SMILES string of the molecule is Cc1ccc(C)c(NC(=O)C[C@@H]2SC(N=C(N)N)=NC2=O)c1. The second-order valence-electron chi connectivity index (χ2n) is 4.95. The summed E-state index contributed by atoms with van der Waals surface area (Å²) in [4.78, 5) is 31.3. The van der Waals surface area contributed by atoms with E-state index in [1.165, 1.54) is 0 Å². The molecule has 2 rings (SSSR count). The van der Waals surface area contributed by atoms with Gasteiger partial charge in [-0.3, -0.25) is 9.59 Å². The molecule has 1 heterocycles. The summed E-state index contributed by atoms with van der Waals surface area (Å²) in [5.41, 5.74) is 13.2. The summed E-state index contributed by atoms with van der Waals surface area (Å²) >= 11 is 1.09. The molecular weight excluding hydrogens is 302 g/mol. The van der Waals surface area contributed by atoms with Crippen molar-refractivity contribution in [3.63, 3.8) is 0 Å². The highest BCUT2D eigenvalue weighted by molar-refractivity contribution is 8.15. The Bertz CT molecular complexity index is 680. The fourth-order valence-electron chi connectivity index (χ4n) is 1.90. The van der Waals surface area contributed by atoms with Gasteiger partial charge in [-0.05, 0) is 31.0 Å². The van der Waals surface area contributed by atoms with Crippen LogP contribution in [0.1, 0.15) is 17.5 Å². The summed E-state index contributed by atoms with van der Waals surface area (Å²) in [7, 11) is 0. The molecule has 22 heavy (non-hydrogen) atoms. The number of guanidine groups is 1. The summed E-state index contributed by atoms with van der Waals surface area (Å²) in [6.07, 6.45) is 0.0177. The number of aryl methyl sites for hydroxylation is 2. The molecule has 0 saturated heterocycles. The molecule has 8 heteroatoms. The van der Waals surface area contributed by atoms with Crippen molar-refractivity contribution in [3.05, 3.63) is 29.3 Å². The van der Waals surface area contributed by atoms with Crippen molar-refractivity contribution in [1.82, 2.24) is 0 Å². The van der Waals surface area contributed by atoms with Crippen molar-refractivity contribution < 1.29 is 9.59 Å². The first-order chi connectivity index (χ1) is 10.3. The van der Waals surface area contributed by atoms with E-state index in [9.17, 15) is 9.59 Å². The van der Waals surface area contributed by atoms with Gasteiger partial charge in [-0.2, -0.15) is 9.98 Å². The normalized spacial score (nSPS) is 17.1. The lowest BCUT2D eigenvalue weighted by molar-refractivity contribution is -0.121. The van der Waals surface area contributed by atoms with Crippen molar-refractivity contribution in [2.75, 3.05) is 5.32 Å². The maximum atomic E-state index is 12.1. The van der Waals surface area contributed by atoms with Crippen LogP contribution in [0.4, 0.5) is 5.69 Å². The maximum absolute atomic E-state index is 12.1. The van der Waals surface area contributed by atoms with E-state index in [4.69, 9.17) is 11.5 Å². The van der Waals surface area contributed by atoms with Gasteiger partial charge in [-0.1, -0.05) is 23.9 Å². The number of rotatable bonds is 3. The number of thioether (sulfide) groups is 1. The van der Waals surface area contributed by atoms with Crippen LogP contribution in [0.5, 0.6) is 0 Å². The Balaban J connectivity index is 1.98. The van der Waals surface area contributed by atoms with Crippen molar-refractivity contribution in [2.45, 2.75) is 25.5 Å². The molecule has 1 atom stereocenters. The van der Waals surface area contributed by atoms with E-state index in [0.717, 1.165) is 28.6 Å². The molecule has 5 N–H and O–H groups in total. The zero-order valence-corrected chi connectivity index (χ0v) is 13.1. The molecule has 7 nitrogen and oxygen atoms in total. The van der Waals surface area contributed by atoms with Crippen molar-refractivity contribution in [2.24, 2.45) is 21.5 Å². The number of carbonyl (C=O) groups is 2. The van der Waals surface area contributed by atoms with Gasteiger partial charge in [0, 0.05) is 12.1 Å². The third-order valence-corrected chi connectivity index (χ3v) is 4.04. The minimum atomic E-state index is -0.594. The minimum Gasteiger partial charge on any atom is -0.370 e. The van der Waals surface area contributed by atoms with Crippen LogP contribution in [0.2, 0.25) is 0 Å². The molecule has 1 aromatic carbocycles. The highest BCUT2D eigenvalue weighted by Crippen LogP contribution is 2.26. The van der Waals surface area contributed by atoms with E-state index in [0.29, 0.717) is 0 Å². The average Bonchev–Trinajstić information content (AvgIpc) is 2.73. The number of amidine groups is 1. The summed E-state index contributed by atoms with van der Waals surface area (Å²) in [6, 6.07) is 5.79. The number of nitrogens with two attached hydrogens (primary N) is 2. The van der Waals surface area contributed by atoms with E-state index < -0.39 is 11.2 Å². The van der Waals surface area contributed by atoms with Crippen molar-refractivity contribution >= 4 is 40.4 Å². The van der Waals surface area contributed by atoms with Crippen LogP contribution >= 0.6 is 11.8 Å². The number of benzene rings is 1. The second-order valence-corrected chi connectivity index (χ2v) is 6.12. The van der Waals surface area contributed by atoms with Gasteiger partial charge in [0.15, 0.2) is 11.1 Å². The number of hydrogen-bond donors (Lipinski definition) is 3. The molecule has 0 saturated carbocycles. The number of nitrogens with one attached hydrogen (secondary N) is 1. The quantitative estimate of drug-likeness (QED) is 0.564. The standard InChI is InChI=1S/C14H17N5O2S/c1-7-3-4-8(2)9(5-7)17-11(20)6-10-12(21)18-14(22-10)19-13(15)16/h3-5,10H,6H2,1-2H3,(H,17,20)(H4,15,16,18,19,21)/t10-/m0/s1. The molecular formula is C14H17N5O2S. The van der Waals surface area contributed by atoms with Crippen molar-refractivity contribution in [1.29, 1.82) is 0 Å². The van der Waals surface area contributed by atoms with Gasteiger partial charge in [0.05, 0.1) is 0 Å². The molecule has 1 aromatic rings. The first kappa shape index (κ1) is 16.0. The molecule has 0 radical (unpaired) electrons. The van der Waals surface area contributed by atoms with Gasteiger partial charge in [-0.25, -0.2) is 0 Å². The van der Waals surface area contributed by atoms with Crippen molar-refractivity contribution in [3.8, 4) is 0 Å². The minimum absolute atomic E-state index is 0.0177. The molecule has 2 amide bonds. The van der Waals surface area contributed by atoms with Gasteiger partial charge in [0.2, 0.25) is 5.91 Å². The van der Waals surface area contributed by atoms with E-state index in [-0.39, 0.29) is 23.5 Å². The van der Waals surface area contributed by atoms with E-state index in [2.05, 4.69) is 15.3 Å². The molecule has 0 fully saturated rings. The fraction of sp³-hybridized carbons (Fsp3) is 0.286. The lowest BCUT2D eigenvalue weighted by Gasteiger charge is -2.11. The Morgan fingerprint density at radius 3 is 2.82 bits per heavy atom. The average molecular weight is 319 g/mol. The zero-order valence-electron chi connectivity index (χ0n) is 12.3. The Hall–Kier alpha value is -2.35. The van der Waals surface area contributed by atoms with E-state index in [1.54, 1.807) is 0 Å². The van der Waals surface area contributed by atoms with E-state index in [1.807, 2.05) is 32.0 Å². The Morgan fingerprint density at radius 1 is 1.41 bits per heavy atom. The maximum Gasteiger partial charge on any atom is 0.262 e. The van der Waals surface area contributed by atoms with Crippen LogP contribution in [-0.4, -0.2) is 28.2 Å². The van der Waals surface area contributed by atoms with E-state index >= 15 is 0 Å². The molecule has 0 aliphatic carbocycles. The summed E-state index contributed by atoms with van der Waals surface area (Å²) < 4.78 is 0. The smallest absolute Gasteiger partial charge is 0.262 e. The van der Waals surface area contributed by atoms with Gasteiger partial charge in [-0.15, -0.1) is 0 Å². The molecule has 1 aliphatic rings. The van der Waals surface area contributed by atoms with Crippen LogP contribution in [0.3, 0.4) is 0 Å². The molecule has 0 bridgehead atoms. The third kappa shape index (κ3) is 4.08. The van der Waals surface area contributed by atoms with Gasteiger partial charge < -0.3 is 16.8 Å². The fourth-order valence-corrected chi connectivity index (χ4v) is 2.84. The number of carbonyl (C=O) groups excluding carboxylic acids is 2. The third-order valence-electron chi connectivity index (χ3n) is 2.99. The predicted octanol–water partition coefficient (Wildman–Crippen LogP) is 0.903. The Morgan fingerprint density at radius 2 is 2.14 bits per heavy atom. The van der Waals surface area contributed by atoms with Crippen LogP contribution in [0.15, 0.2) is 28.2 Å². The van der Waals surface area contributed by atoms with Gasteiger partial charge >= 0.3 is 0 Å². The number of hydrogen-bond acceptors (Lipinski definition) is 4. The zero-order chi connectivity index (χ0) is 16.3. The summed E-state index contributed by atoms with van der Waals surface area (Å²) in [5.74, 6) is -0.818. The first-order valence-corrected chi connectivity index (χ1v) is 7.49. The number of aliphatic imine (C=N–C) groups is 2. The van der Waals surface area contributed by atoms with Gasteiger partial charge in [0.25, 0.3) is 5.91 Å².